The fourth-order valence-corrected chi connectivity index (χ4v) is 6.90. The Bertz CT molecular complexity index is 773. The summed E-state index contributed by atoms with van der Waals surface area (Å²) in [4.78, 5) is 38.2. The van der Waals surface area contributed by atoms with E-state index in [0.717, 1.165) is 25.7 Å². The third-order valence-corrected chi connectivity index (χ3v) is 9.71. The van der Waals surface area contributed by atoms with Crippen molar-refractivity contribution in [3.63, 3.8) is 0 Å². The van der Waals surface area contributed by atoms with Crippen molar-refractivity contribution >= 4 is 17.5 Å². The van der Waals surface area contributed by atoms with Crippen molar-refractivity contribution in [1.82, 2.24) is 0 Å². The Morgan fingerprint density at radius 1 is 1.00 bits per heavy atom. The molecule has 0 heterocycles. The van der Waals surface area contributed by atoms with Crippen LogP contribution >= 0.6 is 0 Å². The molecular weight excluding hydrogens is 340 g/mol. The first kappa shape index (κ1) is 18.9. The maximum absolute atomic E-state index is 12.9. The lowest BCUT2D eigenvalue weighted by atomic mass is 9.70. The third kappa shape index (κ3) is 2.08. The van der Waals surface area contributed by atoms with Gasteiger partial charge in [-0.3, -0.25) is 9.59 Å². The predicted octanol–water partition coefficient (Wildman–Crippen LogP) is 4.12. The normalized spacial score (nSPS) is 45.1. The van der Waals surface area contributed by atoms with Gasteiger partial charge in [0, 0.05) is 22.5 Å². The van der Waals surface area contributed by atoms with E-state index in [1.165, 1.54) is 6.08 Å². The number of hydrogen-bond donors (Lipinski definition) is 0. The number of hydrogen-bond acceptors (Lipinski definition) is 4. The maximum atomic E-state index is 12.9. The molecule has 4 aliphatic carbocycles. The highest BCUT2D eigenvalue weighted by atomic mass is 16.5. The summed E-state index contributed by atoms with van der Waals surface area (Å²) in [6.45, 7) is 12.8. The van der Waals surface area contributed by atoms with Gasteiger partial charge in [-0.1, -0.05) is 41.5 Å². The molecule has 4 fully saturated rings. The molecule has 4 bridgehead atoms. The third-order valence-electron chi connectivity index (χ3n) is 9.71. The standard InChI is InChI=1S/C23H32O4/c1-20(2)15-7-9-22(20,5)18(25)13(15)11-17(24)27-12-14-16-8-10-23(6,19(14)26)21(16,3)4/h11,14-16H,7-10,12H2,1-6H3/b13-11-/t14-,15+,16+,22+,23+/m1/s1. The summed E-state index contributed by atoms with van der Waals surface area (Å²) in [5, 5.41) is 0. The molecule has 0 aliphatic heterocycles. The van der Waals surface area contributed by atoms with Crippen molar-refractivity contribution in [2.45, 2.75) is 67.2 Å². The van der Waals surface area contributed by atoms with Gasteiger partial charge in [0.15, 0.2) is 5.78 Å². The summed E-state index contributed by atoms with van der Waals surface area (Å²) in [6.07, 6.45) is 5.21. The lowest BCUT2D eigenvalue weighted by Crippen LogP contribution is -2.34. The van der Waals surface area contributed by atoms with E-state index in [9.17, 15) is 14.4 Å². The molecule has 0 N–H and O–H groups in total. The quantitative estimate of drug-likeness (QED) is 0.552. The van der Waals surface area contributed by atoms with Gasteiger partial charge in [0.05, 0.1) is 5.92 Å². The number of allylic oxidation sites excluding steroid dienone is 1. The molecule has 4 nitrogen and oxygen atoms in total. The highest BCUT2D eigenvalue weighted by molar-refractivity contribution is 6.08. The van der Waals surface area contributed by atoms with Crippen LogP contribution in [0.2, 0.25) is 0 Å². The first-order valence-electron chi connectivity index (χ1n) is 10.4. The second kappa shape index (κ2) is 5.33. The van der Waals surface area contributed by atoms with Gasteiger partial charge in [0.2, 0.25) is 0 Å². The zero-order valence-corrected chi connectivity index (χ0v) is 17.5. The summed E-state index contributed by atoms with van der Waals surface area (Å²) in [5.41, 5.74) is -0.200. The van der Waals surface area contributed by atoms with E-state index in [1.54, 1.807) is 0 Å². The van der Waals surface area contributed by atoms with Crippen molar-refractivity contribution in [2.24, 2.45) is 39.4 Å². The number of carbonyl (C=O) groups is 3. The molecule has 4 heteroatoms. The molecule has 0 amide bonds. The number of rotatable bonds is 3. The highest BCUT2D eigenvalue weighted by Crippen LogP contribution is 2.66. The Labute approximate surface area is 162 Å². The number of esters is 1. The first-order valence-corrected chi connectivity index (χ1v) is 10.4. The van der Waals surface area contributed by atoms with Crippen LogP contribution in [-0.2, 0) is 19.1 Å². The number of fused-ring (bicyclic) bond motifs is 4. The zero-order valence-electron chi connectivity index (χ0n) is 17.5. The topological polar surface area (TPSA) is 60.4 Å². The van der Waals surface area contributed by atoms with Gasteiger partial charge in [-0.15, -0.1) is 0 Å². The number of Topliss-reactive ketones (excluding diaryl/α,β-unsaturated/α-hetero) is 2. The van der Waals surface area contributed by atoms with Crippen LogP contribution in [0.4, 0.5) is 0 Å². The Morgan fingerprint density at radius 3 is 2.15 bits per heavy atom. The molecule has 0 aromatic heterocycles. The van der Waals surface area contributed by atoms with E-state index in [0.29, 0.717) is 5.57 Å². The number of ether oxygens (including phenoxy) is 1. The SMILES string of the molecule is CC1(C)[C@H]2CC[C@@]1(C)C(=O)/C2=C\C(=O)OC[C@H]1C(=O)[C@]2(C)CC[C@@H]1C2(C)C. The van der Waals surface area contributed by atoms with Gasteiger partial charge in [0.1, 0.15) is 12.4 Å². The largest absolute Gasteiger partial charge is 0.462 e. The van der Waals surface area contributed by atoms with E-state index in [4.69, 9.17) is 4.74 Å². The van der Waals surface area contributed by atoms with Gasteiger partial charge >= 0.3 is 5.97 Å². The molecule has 27 heavy (non-hydrogen) atoms. The van der Waals surface area contributed by atoms with Gasteiger partial charge in [0.25, 0.3) is 0 Å². The molecule has 0 radical (unpaired) electrons. The molecule has 0 aromatic rings. The van der Waals surface area contributed by atoms with Crippen molar-refractivity contribution in [2.75, 3.05) is 6.61 Å². The Hall–Kier alpha value is -1.45. The van der Waals surface area contributed by atoms with E-state index in [1.807, 2.05) is 6.92 Å². The van der Waals surface area contributed by atoms with Gasteiger partial charge in [-0.25, -0.2) is 4.79 Å². The van der Waals surface area contributed by atoms with Crippen LogP contribution in [0.5, 0.6) is 0 Å². The molecule has 0 saturated heterocycles. The van der Waals surface area contributed by atoms with Gasteiger partial charge < -0.3 is 4.74 Å². The van der Waals surface area contributed by atoms with Crippen LogP contribution in [0.15, 0.2) is 11.6 Å². The van der Waals surface area contributed by atoms with E-state index in [-0.39, 0.29) is 57.6 Å². The zero-order chi connectivity index (χ0) is 20.0. The van der Waals surface area contributed by atoms with Crippen LogP contribution in [0.1, 0.15) is 67.2 Å². The smallest absolute Gasteiger partial charge is 0.331 e. The molecule has 4 aliphatic rings. The van der Waals surface area contributed by atoms with Crippen LogP contribution in [-0.4, -0.2) is 24.1 Å². The highest BCUT2D eigenvalue weighted by Gasteiger charge is 2.66. The molecule has 0 unspecified atom stereocenters. The minimum absolute atomic E-state index is 0.0428. The molecule has 148 valence electrons. The lowest BCUT2D eigenvalue weighted by molar-refractivity contribution is -0.143. The molecule has 5 atom stereocenters. The minimum Gasteiger partial charge on any atom is -0.462 e. The molecule has 0 spiro atoms. The van der Waals surface area contributed by atoms with E-state index >= 15 is 0 Å². The molecular formula is C23H32O4. The van der Waals surface area contributed by atoms with Crippen molar-refractivity contribution in [3.05, 3.63) is 11.6 Å². The summed E-state index contributed by atoms with van der Waals surface area (Å²) in [7, 11) is 0. The van der Waals surface area contributed by atoms with Crippen LogP contribution < -0.4 is 0 Å². The second-order valence-corrected chi connectivity index (χ2v) is 10.9. The average molecular weight is 373 g/mol. The Kier molecular flexibility index (Phi) is 3.73. The van der Waals surface area contributed by atoms with Crippen molar-refractivity contribution < 1.29 is 19.1 Å². The second-order valence-electron chi connectivity index (χ2n) is 10.9. The van der Waals surface area contributed by atoms with Crippen LogP contribution in [0, 0.1) is 39.4 Å². The number of carbonyl (C=O) groups excluding carboxylic acids is 3. The summed E-state index contributed by atoms with van der Waals surface area (Å²) < 4.78 is 5.52. The Balaban J connectivity index is 1.47. The minimum atomic E-state index is -0.469. The molecule has 4 saturated carbocycles. The van der Waals surface area contributed by atoms with E-state index < -0.39 is 5.97 Å². The summed E-state index contributed by atoms with van der Waals surface area (Å²) in [6, 6.07) is 0. The van der Waals surface area contributed by atoms with Gasteiger partial charge in [-0.05, 0) is 48.3 Å². The first-order chi connectivity index (χ1) is 12.4. The predicted molar refractivity (Wildman–Crippen MR) is 102 cm³/mol. The Morgan fingerprint density at radius 2 is 1.63 bits per heavy atom. The lowest BCUT2D eigenvalue weighted by Gasteiger charge is -2.32. The summed E-state index contributed by atoms with van der Waals surface area (Å²) in [5.74, 6) is 0.0794. The molecule has 0 aromatic carbocycles. The fourth-order valence-electron chi connectivity index (χ4n) is 6.90. The van der Waals surface area contributed by atoms with Crippen molar-refractivity contribution in [3.8, 4) is 0 Å². The van der Waals surface area contributed by atoms with E-state index in [2.05, 4.69) is 34.6 Å². The molecule has 4 rings (SSSR count). The monoisotopic (exact) mass is 372 g/mol. The van der Waals surface area contributed by atoms with Crippen LogP contribution in [0.3, 0.4) is 0 Å². The fraction of sp³-hybridized carbons (Fsp3) is 0.783. The number of ketones is 2. The summed E-state index contributed by atoms with van der Waals surface area (Å²) >= 11 is 0. The average Bonchev–Trinajstić information content (AvgIpc) is 3.06. The van der Waals surface area contributed by atoms with Gasteiger partial charge in [-0.2, -0.15) is 0 Å². The maximum Gasteiger partial charge on any atom is 0.331 e. The van der Waals surface area contributed by atoms with Crippen molar-refractivity contribution in [1.29, 1.82) is 0 Å². The van der Waals surface area contributed by atoms with Crippen LogP contribution in [0.25, 0.3) is 0 Å².